The maximum Gasteiger partial charge on any atom is 0.261 e. The molecule has 2 fully saturated rings. The molecule has 10 heteroatoms. The van der Waals surface area contributed by atoms with Crippen LogP contribution < -0.4 is 5.32 Å². The predicted molar refractivity (Wildman–Crippen MR) is 87.1 cm³/mol. The summed E-state index contributed by atoms with van der Waals surface area (Å²) < 4.78 is 28.2. The standard InChI is InChI=1S/C12H20ClN5O2S.ClH/c1-16-12(11(13)9-15-16)21(19,20)18-6-4-17(5-7-18)10-2-3-14-8-10;/h9-10,14H,2-8H2,1H3;1H. The Kier molecular flexibility index (Phi) is 5.73. The van der Waals surface area contributed by atoms with Crippen LogP contribution in [0.3, 0.4) is 0 Å². The lowest BCUT2D eigenvalue weighted by Crippen LogP contribution is -2.52. The van der Waals surface area contributed by atoms with Gasteiger partial charge in [0.15, 0.2) is 5.03 Å². The van der Waals surface area contributed by atoms with Crippen LogP contribution >= 0.6 is 24.0 Å². The fourth-order valence-corrected chi connectivity index (χ4v) is 5.10. The Hall–Kier alpha value is -0.380. The van der Waals surface area contributed by atoms with Crippen LogP contribution in [0.15, 0.2) is 11.2 Å². The van der Waals surface area contributed by atoms with Gasteiger partial charge in [-0.05, 0) is 13.0 Å². The zero-order valence-electron chi connectivity index (χ0n) is 12.4. The first-order valence-electron chi connectivity index (χ1n) is 7.12. The number of aryl methyl sites for hydroxylation is 1. The number of hydrogen-bond donors (Lipinski definition) is 1. The molecule has 0 bridgehead atoms. The van der Waals surface area contributed by atoms with Crippen molar-refractivity contribution in [3.05, 3.63) is 11.2 Å². The lowest BCUT2D eigenvalue weighted by atomic mass is 10.2. The minimum absolute atomic E-state index is 0. The average molecular weight is 370 g/mol. The third-order valence-electron chi connectivity index (χ3n) is 4.25. The largest absolute Gasteiger partial charge is 0.315 e. The van der Waals surface area contributed by atoms with E-state index < -0.39 is 10.0 Å². The van der Waals surface area contributed by atoms with E-state index in [9.17, 15) is 8.42 Å². The van der Waals surface area contributed by atoms with Crippen molar-refractivity contribution >= 4 is 34.0 Å². The van der Waals surface area contributed by atoms with E-state index in [0.717, 1.165) is 32.6 Å². The van der Waals surface area contributed by atoms with Gasteiger partial charge in [0.05, 0.1) is 11.2 Å². The van der Waals surface area contributed by atoms with E-state index in [-0.39, 0.29) is 22.5 Å². The molecule has 0 aromatic carbocycles. The van der Waals surface area contributed by atoms with Crippen molar-refractivity contribution < 1.29 is 8.42 Å². The smallest absolute Gasteiger partial charge is 0.261 e. The molecule has 126 valence electrons. The lowest BCUT2D eigenvalue weighted by molar-refractivity contribution is 0.145. The van der Waals surface area contributed by atoms with Crippen molar-refractivity contribution in [2.75, 3.05) is 39.3 Å². The van der Waals surface area contributed by atoms with Crippen LogP contribution in [0.1, 0.15) is 6.42 Å². The van der Waals surface area contributed by atoms with Crippen LogP contribution in [0.25, 0.3) is 0 Å². The topological polar surface area (TPSA) is 70.5 Å². The predicted octanol–water partition coefficient (Wildman–Crippen LogP) is 0.163. The molecule has 0 saturated carbocycles. The van der Waals surface area contributed by atoms with Crippen molar-refractivity contribution in [1.29, 1.82) is 0 Å². The van der Waals surface area contributed by atoms with Gasteiger partial charge in [-0.25, -0.2) is 8.42 Å². The number of hydrogen-bond acceptors (Lipinski definition) is 5. The fraction of sp³-hybridized carbons (Fsp3) is 0.750. The summed E-state index contributed by atoms with van der Waals surface area (Å²) in [4.78, 5) is 2.37. The molecule has 0 amide bonds. The first-order valence-corrected chi connectivity index (χ1v) is 8.94. The highest BCUT2D eigenvalue weighted by molar-refractivity contribution is 7.89. The van der Waals surface area contributed by atoms with Gasteiger partial charge in [0, 0.05) is 45.8 Å². The third kappa shape index (κ3) is 3.27. The van der Waals surface area contributed by atoms with E-state index >= 15 is 0 Å². The highest BCUT2D eigenvalue weighted by Crippen LogP contribution is 2.25. The number of piperazine rings is 1. The van der Waals surface area contributed by atoms with E-state index in [4.69, 9.17) is 11.6 Å². The summed E-state index contributed by atoms with van der Waals surface area (Å²) in [5.41, 5.74) is 0. The van der Waals surface area contributed by atoms with Gasteiger partial charge in [-0.3, -0.25) is 9.58 Å². The number of sulfonamides is 1. The summed E-state index contributed by atoms with van der Waals surface area (Å²) in [6.07, 6.45) is 2.51. The average Bonchev–Trinajstić information content (AvgIpc) is 3.09. The third-order valence-corrected chi connectivity index (χ3v) is 6.66. The Bertz CT molecular complexity index is 588. The van der Waals surface area contributed by atoms with Crippen LogP contribution in [0, 0.1) is 0 Å². The molecule has 0 radical (unpaired) electrons. The summed E-state index contributed by atoms with van der Waals surface area (Å²) in [7, 11) is -1.97. The molecule has 22 heavy (non-hydrogen) atoms. The van der Waals surface area contributed by atoms with E-state index in [1.54, 1.807) is 7.05 Å². The Morgan fingerprint density at radius 3 is 2.50 bits per heavy atom. The van der Waals surface area contributed by atoms with Gasteiger partial charge in [-0.15, -0.1) is 12.4 Å². The summed E-state index contributed by atoms with van der Waals surface area (Å²) in [6, 6.07) is 0.537. The molecule has 1 aromatic heterocycles. The molecule has 7 nitrogen and oxygen atoms in total. The Morgan fingerprint density at radius 1 is 1.32 bits per heavy atom. The van der Waals surface area contributed by atoms with Crippen molar-refractivity contribution in [2.24, 2.45) is 7.05 Å². The minimum Gasteiger partial charge on any atom is -0.315 e. The molecule has 2 aliphatic heterocycles. The van der Waals surface area contributed by atoms with Crippen LogP contribution in [0.5, 0.6) is 0 Å². The summed E-state index contributed by atoms with van der Waals surface area (Å²) in [5, 5.41) is 7.53. The van der Waals surface area contributed by atoms with E-state index in [1.165, 1.54) is 15.2 Å². The first-order chi connectivity index (χ1) is 10.00. The molecule has 3 rings (SSSR count). The molecule has 1 atom stereocenters. The molecule has 2 saturated heterocycles. The van der Waals surface area contributed by atoms with Gasteiger partial charge in [0.2, 0.25) is 0 Å². The molecular formula is C12H21Cl2N5O2S. The zero-order chi connectivity index (χ0) is 15.0. The molecule has 1 N–H and O–H groups in total. The molecular weight excluding hydrogens is 349 g/mol. The molecule has 2 aliphatic rings. The molecule has 0 spiro atoms. The van der Waals surface area contributed by atoms with E-state index in [1.807, 2.05) is 0 Å². The lowest BCUT2D eigenvalue weighted by Gasteiger charge is -2.37. The van der Waals surface area contributed by atoms with Gasteiger partial charge in [0.1, 0.15) is 0 Å². The van der Waals surface area contributed by atoms with Crippen molar-refractivity contribution in [2.45, 2.75) is 17.5 Å². The molecule has 1 unspecified atom stereocenters. The van der Waals surface area contributed by atoms with E-state index in [2.05, 4.69) is 15.3 Å². The zero-order valence-corrected chi connectivity index (χ0v) is 14.8. The monoisotopic (exact) mass is 369 g/mol. The maximum absolute atomic E-state index is 12.7. The summed E-state index contributed by atoms with van der Waals surface area (Å²) in [6.45, 7) is 4.58. The quantitative estimate of drug-likeness (QED) is 0.821. The Balaban J connectivity index is 0.00000176. The second-order valence-electron chi connectivity index (χ2n) is 5.51. The first kappa shape index (κ1) is 18.0. The van der Waals surface area contributed by atoms with Crippen molar-refractivity contribution in [3.63, 3.8) is 0 Å². The van der Waals surface area contributed by atoms with Crippen molar-refractivity contribution in [1.82, 2.24) is 24.3 Å². The Morgan fingerprint density at radius 2 is 2.00 bits per heavy atom. The van der Waals surface area contributed by atoms with Crippen LogP contribution in [-0.2, 0) is 17.1 Å². The van der Waals surface area contributed by atoms with Gasteiger partial charge >= 0.3 is 0 Å². The maximum atomic E-state index is 12.7. The van der Waals surface area contributed by atoms with Crippen molar-refractivity contribution in [3.8, 4) is 0 Å². The number of nitrogens with zero attached hydrogens (tertiary/aromatic N) is 4. The van der Waals surface area contributed by atoms with Gasteiger partial charge in [-0.2, -0.15) is 9.40 Å². The summed E-state index contributed by atoms with van der Waals surface area (Å²) in [5.74, 6) is 0. The highest BCUT2D eigenvalue weighted by atomic mass is 35.5. The summed E-state index contributed by atoms with van der Waals surface area (Å²) >= 11 is 5.97. The molecule has 3 heterocycles. The van der Waals surface area contributed by atoms with Gasteiger partial charge in [-0.1, -0.05) is 11.6 Å². The van der Waals surface area contributed by atoms with Crippen LogP contribution in [0.2, 0.25) is 5.02 Å². The van der Waals surface area contributed by atoms with Gasteiger partial charge < -0.3 is 5.32 Å². The fourth-order valence-electron chi connectivity index (χ4n) is 3.07. The van der Waals surface area contributed by atoms with Gasteiger partial charge in [0.25, 0.3) is 10.0 Å². The number of aromatic nitrogens is 2. The number of rotatable bonds is 3. The van der Waals surface area contributed by atoms with Crippen LogP contribution in [-0.4, -0.2) is 72.7 Å². The number of halogens is 2. The second kappa shape index (κ2) is 7.02. The highest BCUT2D eigenvalue weighted by Gasteiger charge is 2.34. The van der Waals surface area contributed by atoms with Crippen LogP contribution in [0.4, 0.5) is 0 Å². The molecule has 0 aliphatic carbocycles. The Labute approximate surface area is 142 Å². The normalized spacial score (nSPS) is 24.4. The molecule has 1 aromatic rings. The number of nitrogens with one attached hydrogen (secondary N) is 1. The SMILES string of the molecule is Cl.Cn1ncc(Cl)c1S(=O)(=O)N1CCN(C2CCNC2)CC1. The second-order valence-corrected chi connectivity index (χ2v) is 7.77. The minimum atomic E-state index is -3.57. The van der Waals surface area contributed by atoms with E-state index in [0.29, 0.717) is 19.1 Å².